The largest absolute Gasteiger partial charge is 0.333 e. The number of aryl methyl sites for hydroxylation is 1. The van der Waals surface area contributed by atoms with Crippen LogP contribution < -0.4 is 0 Å². The highest BCUT2D eigenvalue weighted by atomic mass is 15.1. The summed E-state index contributed by atoms with van der Waals surface area (Å²) in [7, 11) is 0. The molecule has 0 saturated heterocycles. The van der Waals surface area contributed by atoms with E-state index in [0.29, 0.717) is 12.0 Å². The van der Waals surface area contributed by atoms with Crippen LogP contribution in [0.25, 0.3) is 40.4 Å². The van der Waals surface area contributed by atoms with Gasteiger partial charge in [-0.2, -0.15) is 15.8 Å². The Hall–Kier alpha value is -6.09. The molecule has 2 atom stereocenters. The number of hydrogen-bond acceptors (Lipinski definition) is 3. The van der Waals surface area contributed by atoms with Crippen LogP contribution in [0, 0.1) is 39.9 Å². The van der Waals surface area contributed by atoms with Crippen LogP contribution in [0.1, 0.15) is 83.0 Å². The molecular formula is C45H35N5. The molecule has 2 unspecified atom stereocenters. The Bertz CT molecular complexity index is 2460. The average molecular weight is 646 g/mol. The van der Waals surface area contributed by atoms with Crippen molar-refractivity contribution < 1.29 is 0 Å². The van der Waals surface area contributed by atoms with E-state index >= 15 is 0 Å². The average Bonchev–Trinajstić information content (AvgIpc) is 3.70. The highest BCUT2D eigenvalue weighted by Gasteiger charge is 2.32. The molecule has 9 rings (SSSR count). The molecule has 4 aromatic rings. The molecule has 2 heterocycles. The van der Waals surface area contributed by atoms with Gasteiger partial charge < -0.3 is 9.13 Å². The fourth-order valence-electron chi connectivity index (χ4n) is 8.75. The van der Waals surface area contributed by atoms with E-state index in [4.69, 9.17) is 0 Å². The van der Waals surface area contributed by atoms with E-state index in [1.54, 1.807) is 0 Å². The fraction of sp³-hybridized carbons (Fsp3) is 0.222. The first-order valence-corrected chi connectivity index (χ1v) is 17.7. The SMILES string of the molecule is N#CC1=Cc2c3c(n(C4=CC(n5c6c(c7ccccc75)CCC=C6)CC(C5=CC(c6ccc(C#N)cc6)=CCC5)=C4)c2CC1)C=CC(C#N)C3. The van der Waals surface area contributed by atoms with E-state index in [-0.39, 0.29) is 12.0 Å². The van der Waals surface area contributed by atoms with Gasteiger partial charge in [-0.05, 0) is 133 Å². The maximum atomic E-state index is 9.88. The first kappa shape index (κ1) is 30.0. The van der Waals surface area contributed by atoms with Crippen LogP contribution >= 0.6 is 0 Å². The molecule has 240 valence electrons. The third-order valence-electron chi connectivity index (χ3n) is 11.1. The van der Waals surface area contributed by atoms with Crippen LogP contribution in [-0.2, 0) is 19.3 Å². The van der Waals surface area contributed by atoms with Crippen LogP contribution in [0.15, 0.2) is 102 Å². The second kappa shape index (κ2) is 12.1. The first-order valence-electron chi connectivity index (χ1n) is 17.7. The van der Waals surface area contributed by atoms with Gasteiger partial charge >= 0.3 is 0 Å². The molecule has 50 heavy (non-hydrogen) atoms. The summed E-state index contributed by atoms with van der Waals surface area (Å²) in [6, 6.07) is 24.0. The number of fused-ring (bicyclic) bond motifs is 6. The van der Waals surface area contributed by atoms with Crippen molar-refractivity contribution in [3.05, 3.63) is 147 Å². The topological polar surface area (TPSA) is 81.2 Å². The van der Waals surface area contributed by atoms with Gasteiger partial charge in [0.1, 0.15) is 0 Å². The number of rotatable bonds is 4. The predicted octanol–water partition coefficient (Wildman–Crippen LogP) is 10.1. The molecule has 5 aliphatic carbocycles. The maximum Gasteiger partial charge on any atom is 0.0991 e. The van der Waals surface area contributed by atoms with Crippen LogP contribution in [0.5, 0.6) is 0 Å². The minimum absolute atomic E-state index is 0.0912. The summed E-state index contributed by atoms with van der Waals surface area (Å²) in [5, 5.41) is 30.4. The van der Waals surface area contributed by atoms with Crippen molar-refractivity contribution in [2.75, 3.05) is 0 Å². The molecule has 5 aliphatic rings. The first-order chi connectivity index (χ1) is 24.6. The molecule has 0 saturated carbocycles. The molecule has 2 aromatic heterocycles. The number of aromatic nitrogens is 2. The fourth-order valence-corrected chi connectivity index (χ4v) is 8.75. The second-order valence-electron chi connectivity index (χ2n) is 13.9. The van der Waals surface area contributed by atoms with E-state index < -0.39 is 0 Å². The van der Waals surface area contributed by atoms with E-state index in [1.165, 1.54) is 50.1 Å². The van der Waals surface area contributed by atoms with Gasteiger partial charge in [-0.1, -0.05) is 54.6 Å². The highest BCUT2D eigenvalue weighted by Crippen LogP contribution is 2.45. The van der Waals surface area contributed by atoms with Gasteiger partial charge in [0.25, 0.3) is 0 Å². The summed E-state index contributed by atoms with van der Waals surface area (Å²) < 4.78 is 5.02. The number of nitrogens with zero attached hydrogens (tertiary/aromatic N) is 5. The van der Waals surface area contributed by atoms with Crippen molar-refractivity contribution >= 4 is 40.4 Å². The van der Waals surface area contributed by atoms with E-state index in [0.717, 1.165) is 73.0 Å². The molecule has 5 nitrogen and oxygen atoms in total. The summed E-state index contributed by atoms with van der Waals surface area (Å²) in [5.74, 6) is -0.174. The molecule has 0 amide bonds. The van der Waals surface area contributed by atoms with Gasteiger partial charge in [0.2, 0.25) is 0 Å². The molecule has 0 fully saturated rings. The van der Waals surface area contributed by atoms with E-state index in [2.05, 4.69) is 112 Å². The van der Waals surface area contributed by atoms with Gasteiger partial charge in [0, 0.05) is 44.8 Å². The van der Waals surface area contributed by atoms with E-state index in [9.17, 15) is 15.8 Å². The molecule has 2 aromatic carbocycles. The normalized spacial score (nSPS) is 20.5. The standard InChI is InChI=1S/C45H35N5/c46-26-29-12-16-32(17-13-29)33-6-5-7-34(22-33)35-23-36(49-42-10-3-1-8-38(42)39-9-2-4-11-43(39)49)25-37(24-35)50-44-18-14-30(27-47)20-40(44)41-21-31(28-48)15-19-45(41)50/h1,3-4,6,8,10-14,16-18,21-22,24-25,30,36H,2,5,7,9,15,19-20,23H2. The monoisotopic (exact) mass is 645 g/mol. The Labute approximate surface area is 292 Å². The Morgan fingerprint density at radius 1 is 0.740 bits per heavy atom. The van der Waals surface area contributed by atoms with Gasteiger partial charge in [0.15, 0.2) is 0 Å². The van der Waals surface area contributed by atoms with E-state index in [1.807, 2.05) is 18.2 Å². The second-order valence-corrected chi connectivity index (χ2v) is 13.9. The van der Waals surface area contributed by atoms with Crippen molar-refractivity contribution in [1.82, 2.24) is 9.13 Å². The number of benzene rings is 2. The lowest BCUT2D eigenvalue weighted by Gasteiger charge is -2.30. The van der Waals surface area contributed by atoms with Gasteiger partial charge in [-0.25, -0.2) is 0 Å². The Balaban J connectivity index is 1.24. The van der Waals surface area contributed by atoms with Crippen molar-refractivity contribution in [3.8, 4) is 18.2 Å². The highest BCUT2D eigenvalue weighted by molar-refractivity contribution is 5.89. The van der Waals surface area contributed by atoms with Gasteiger partial charge in [0.05, 0.1) is 35.7 Å². The zero-order valence-electron chi connectivity index (χ0n) is 27.9. The van der Waals surface area contributed by atoms with Gasteiger partial charge in [-0.15, -0.1) is 0 Å². The number of hydrogen-bond donors (Lipinski definition) is 0. The third-order valence-corrected chi connectivity index (χ3v) is 11.1. The lowest BCUT2D eigenvalue weighted by molar-refractivity contribution is 0.603. The Morgan fingerprint density at radius 2 is 1.62 bits per heavy atom. The minimum atomic E-state index is -0.174. The Kier molecular flexibility index (Phi) is 7.26. The molecule has 0 bridgehead atoms. The van der Waals surface area contributed by atoms with Crippen molar-refractivity contribution in [1.29, 1.82) is 15.8 Å². The lowest BCUT2D eigenvalue weighted by Crippen LogP contribution is -2.18. The summed E-state index contributed by atoms with van der Waals surface area (Å²) in [6.45, 7) is 0. The zero-order chi connectivity index (χ0) is 33.8. The third kappa shape index (κ3) is 4.88. The van der Waals surface area contributed by atoms with Crippen LogP contribution in [0.2, 0.25) is 0 Å². The lowest BCUT2D eigenvalue weighted by atomic mass is 9.85. The minimum Gasteiger partial charge on any atom is -0.333 e. The molecule has 0 spiro atoms. The van der Waals surface area contributed by atoms with Crippen molar-refractivity contribution in [3.63, 3.8) is 0 Å². The summed E-state index contributed by atoms with van der Waals surface area (Å²) in [5.41, 5.74) is 16.3. The smallest absolute Gasteiger partial charge is 0.0991 e. The summed E-state index contributed by atoms with van der Waals surface area (Å²) in [6.07, 6.45) is 27.5. The summed E-state index contributed by atoms with van der Waals surface area (Å²) >= 11 is 0. The summed E-state index contributed by atoms with van der Waals surface area (Å²) in [4.78, 5) is 0. The number of allylic oxidation sites excluding steroid dienone is 11. The number of nitriles is 3. The van der Waals surface area contributed by atoms with Crippen LogP contribution in [0.4, 0.5) is 0 Å². The van der Waals surface area contributed by atoms with Crippen LogP contribution in [0.3, 0.4) is 0 Å². The zero-order valence-corrected chi connectivity index (χ0v) is 27.9. The van der Waals surface area contributed by atoms with Gasteiger partial charge in [-0.3, -0.25) is 0 Å². The molecule has 5 heteroatoms. The molecular weight excluding hydrogens is 611 g/mol. The maximum absolute atomic E-state index is 9.88. The predicted molar refractivity (Wildman–Crippen MR) is 200 cm³/mol. The molecule has 0 N–H and O–H groups in total. The van der Waals surface area contributed by atoms with Crippen molar-refractivity contribution in [2.45, 2.75) is 57.4 Å². The van der Waals surface area contributed by atoms with Crippen LogP contribution in [-0.4, -0.2) is 9.13 Å². The Morgan fingerprint density at radius 3 is 2.46 bits per heavy atom. The van der Waals surface area contributed by atoms with Crippen molar-refractivity contribution in [2.24, 2.45) is 5.92 Å². The quantitative estimate of drug-likeness (QED) is 0.222. The molecule has 0 radical (unpaired) electrons. The molecule has 0 aliphatic heterocycles. The number of para-hydroxylation sites is 1.